The van der Waals surface area contributed by atoms with Gasteiger partial charge in [-0.2, -0.15) is 0 Å². The van der Waals surface area contributed by atoms with E-state index in [-0.39, 0.29) is 12.2 Å². The zero-order valence-corrected chi connectivity index (χ0v) is 13.7. The largest absolute Gasteiger partial charge is 0.496 e. The number of ether oxygens (including phenoxy) is 2. The zero-order chi connectivity index (χ0) is 16.3. The molecule has 0 aliphatic heterocycles. The number of carbonyl (C=O) groups excluding carboxylic acids is 1. The van der Waals surface area contributed by atoms with Gasteiger partial charge in [-0.15, -0.1) is 0 Å². The molecule has 0 bridgehead atoms. The molecule has 4 nitrogen and oxygen atoms in total. The van der Waals surface area contributed by atoms with Crippen molar-refractivity contribution in [3.63, 3.8) is 0 Å². The first kappa shape index (κ1) is 16.3. The highest BCUT2D eigenvalue weighted by atomic mass is 79.9. The molecule has 0 fully saturated rings. The summed E-state index contributed by atoms with van der Waals surface area (Å²) in [6.45, 7) is 1.39. The molecule has 0 aliphatic rings. The lowest BCUT2D eigenvalue weighted by Gasteiger charge is -2.15. The number of hydrogen-bond donors (Lipinski definition) is 1. The number of rotatable bonds is 4. The second kappa shape index (κ2) is 6.79. The molecule has 0 heterocycles. The van der Waals surface area contributed by atoms with Crippen LogP contribution in [0.15, 0.2) is 34.8 Å². The number of halogens is 2. The van der Waals surface area contributed by atoms with Crippen LogP contribution in [0.4, 0.5) is 9.18 Å². The van der Waals surface area contributed by atoms with Crippen LogP contribution in [0.5, 0.6) is 5.75 Å². The molecule has 22 heavy (non-hydrogen) atoms. The number of primary amides is 1. The molecule has 6 heteroatoms. The first-order valence-corrected chi connectivity index (χ1v) is 7.27. The van der Waals surface area contributed by atoms with Crippen molar-refractivity contribution < 1.29 is 18.7 Å². The van der Waals surface area contributed by atoms with Crippen molar-refractivity contribution >= 4 is 22.0 Å². The Balaban J connectivity index is 2.54. The molecule has 0 saturated heterocycles. The van der Waals surface area contributed by atoms with Gasteiger partial charge >= 0.3 is 6.09 Å². The van der Waals surface area contributed by atoms with E-state index in [2.05, 4.69) is 20.7 Å². The summed E-state index contributed by atoms with van der Waals surface area (Å²) in [6.07, 6.45) is -0.963. The zero-order valence-electron chi connectivity index (χ0n) is 12.2. The van der Waals surface area contributed by atoms with E-state index in [4.69, 9.17) is 10.5 Å². The molecule has 0 atom stereocenters. The topological polar surface area (TPSA) is 61.6 Å². The van der Waals surface area contributed by atoms with Crippen molar-refractivity contribution in [1.82, 2.24) is 0 Å². The molecule has 0 radical (unpaired) electrons. The molecule has 2 aromatic carbocycles. The van der Waals surface area contributed by atoms with Crippen LogP contribution in [0.1, 0.15) is 11.1 Å². The predicted octanol–water partition coefficient (Wildman–Crippen LogP) is 4.17. The number of carbonyl (C=O) groups is 1. The van der Waals surface area contributed by atoms with Crippen LogP contribution in [0, 0.1) is 12.7 Å². The lowest BCUT2D eigenvalue weighted by atomic mass is 9.97. The third-order valence-electron chi connectivity index (χ3n) is 3.29. The van der Waals surface area contributed by atoms with Crippen LogP contribution in [-0.4, -0.2) is 13.2 Å². The molecular formula is C16H15BrFNO3. The van der Waals surface area contributed by atoms with Gasteiger partial charge in [-0.3, -0.25) is 0 Å². The van der Waals surface area contributed by atoms with E-state index in [0.29, 0.717) is 16.9 Å². The van der Waals surface area contributed by atoms with Crippen LogP contribution < -0.4 is 10.5 Å². The monoisotopic (exact) mass is 367 g/mol. The minimum absolute atomic E-state index is 0.164. The fraction of sp³-hybridized carbons (Fsp3) is 0.188. The van der Waals surface area contributed by atoms with Gasteiger partial charge in [-0.05, 0) is 41.8 Å². The molecule has 0 aromatic heterocycles. The van der Waals surface area contributed by atoms with Crippen LogP contribution in [-0.2, 0) is 11.3 Å². The molecule has 1 amide bonds. The summed E-state index contributed by atoms with van der Waals surface area (Å²) in [5.74, 6) is -0.171. The van der Waals surface area contributed by atoms with Gasteiger partial charge < -0.3 is 15.2 Å². The van der Waals surface area contributed by atoms with Crippen LogP contribution >= 0.6 is 15.9 Å². The minimum Gasteiger partial charge on any atom is -0.496 e. The first-order chi connectivity index (χ1) is 10.4. The van der Waals surface area contributed by atoms with E-state index in [1.165, 1.54) is 7.11 Å². The van der Waals surface area contributed by atoms with Crippen molar-refractivity contribution in [2.24, 2.45) is 5.73 Å². The molecule has 0 aliphatic carbocycles. The normalized spacial score (nSPS) is 10.4. The van der Waals surface area contributed by atoms with Gasteiger partial charge in [0.1, 0.15) is 18.2 Å². The van der Waals surface area contributed by atoms with Crippen LogP contribution in [0.2, 0.25) is 0 Å². The number of hydrogen-bond acceptors (Lipinski definition) is 3. The van der Waals surface area contributed by atoms with Crippen molar-refractivity contribution in [1.29, 1.82) is 0 Å². The van der Waals surface area contributed by atoms with Gasteiger partial charge in [0.25, 0.3) is 0 Å². The maximum atomic E-state index is 14.6. The third kappa shape index (κ3) is 3.39. The molecule has 0 spiro atoms. The average molecular weight is 368 g/mol. The summed E-state index contributed by atoms with van der Waals surface area (Å²) >= 11 is 3.40. The summed E-state index contributed by atoms with van der Waals surface area (Å²) in [4.78, 5) is 10.7. The Hall–Kier alpha value is -2.08. The first-order valence-electron chi connectivity index (χ1n) is 6.48. The van der Waals surface area contributed by atoms with Crippen molar-refractivity contribution in [2.45, 2.75) is 13.5 Å². The predicted molar refractivity (Wildman–Crippen MR) is 85.2 cm³/mol. The third-order valence-corrected chi connectivity index (χ3v) is 3.78. The number of nitrogens with two attached hydrogens (primary N) is 1. The van der Waals surface area contributed by atoms with E-state index >= 15 is 0 Å². The molecule has 116 valence electrons. The lowest BCUT2D eigenvalue weighted by Crippen LogP contribution is -2.14. The number of benzene rings is 2. The highest BCUT2D eigenvalue weighted by Crippen LogP contribution is 2.35. The Bertz CT molecular complexity index is 719. The maximum Gasteiger partial charge on any atom is 0.404 e. The number of methoxy groups -OCH3 is 1. The summed E-state index contributed by atoms with van der Waals surface area (Å²) in [5, 5.41) is 0. The SMILES string of the molecule is COc1cc(-c2cccc(Br)c2)c(C)c(F)c1COC(N)=O. The van der Waals surface area contributed by atoms with E-state index in [0.717, 1.165) is 10.0 Å². The Labute approximate surface area is 136 Å². The van der Waals surface area contributed by atoms with Crippen molar-refractivity contribution in [2.75, 3.05) is 7.11 Å². The summed E-state index contributed by atoms with van der Waals surface area (Å²) in [7, 11) is 1.43. The fourth-order valence-electron chi connectivity index (χ4n) is 2.19. The van der Waals surface area contributed by atoms with E-state index in [1.807, 2.05) is 24.3 Å². The summed E-state index contributed by atoms with van der Waals surface area (Å²) in [5.41, 5.74) is 7.10. The lowest BCUT2D eigenvalue weighted by molar-refractivity contribution is 0.147. The van der Waals surface area contributed by atoms with Gasteiger partial charge in [0.2, 0.25) is 0 Å². The Morgan fingerprint density at radius 2 is 2.09 bits per heavy atom. The Morgan fingerprint density at radius 3 is 2.68 bits per heavy atom. The van der Waals surface area contributed by atoms with E-state index in [1.54, 1.807) is 13.0 Å². The average Bonchev–Trinajstić information content (AvgIpc) is 2.48. The van der Waals surface area contributed by atoms with Gasteiger partial charge in [0, 0.05) is 4.47 Å². The smallest absolute Gasteiger partial charge is 0.404 e. The number of amides is 1. The second-order valence-electron chi connectivity index (χ2n) is 4.66. The quantitative estimate of drug-likeness (QED) is 0.881. The molecule has 2 N–H and O–H groups in total. The van der Waals surface area contributed by atoms with Crippen LogP contribution in [0.3, 0.4) is 0 Å². The minimum atomic E-state index is -0.963. The molecule has 0 saturated carbocycles. The Morgan fingerprint density at radius 1 is 1.36 bits per heavy atom. The Kier molecular flexibility index (Phi) is 5.03. The fourth-order valence-corrected chi connectivity index (χ4v) is 2.59. The van der Waals surface area contributed by atoms with Crippen molar-refractivity contribution in [3.8, 4) is 16.9 Å². The molecule has 0 unspecified atom stereocenters. The van der Waals surface area contributed by atoms with Crippen LogP contribution in [0.25, 0.3) is 11.1 Å². The maximum absolute atomic E-state index is 14.6. The second-order valence-corrected chi connectivity index (χ2v) is 5.58. The van der Waals surface area contributed by atoms with E-state index in [9.17, 15) is 9.18 Å². The summed E-state index contributed by atoms with van der Waals surface area (Å²) in [6, 6.07) is 9.25. The standard InChI is InChI=1S/C16H15BrFNO3/c1-9-12(10-4-3-5-11(17)6-10)7-14(21-2)13(15(9)18)8-22-16(19)20/h3-7H,8H2,1-2H3,(H2,19,20). The van der Waals surface area contributed by atoms with Gasteiger partial charge in [-0.25, -0.2) is 9.18 Å². The van der Waals surface area contributed by atoms with Crippen molar-refractivity contribution in [3.05, 3.63) is 51.7 Å². The summed E-state index contributed by atoms with van der Waals surface area (Å²) < 4.78 is 25.4. The van der Waals surface area contributed by atoms with Gasteiger partial charge in [0.05, 0.1) is 12.7 Å². The highest BCUT2D eigenvalue weighted by molar-refractivity contribution is 9.10. The van der Waals surface area contributed by atoms with Gasteiger partial charge in [-0.1, -0.05) is 28.1 Å². The highest BCUT2D eigenvalue weighted by Gasteiger charge is 2.18. The van der Waals surface area contributed by atoms with E-state index < -0.39 is 11.9 Å². The van der Waals surface area contributed by atoms with Gasteiger partial charge in [0.15, 0.2) is 0 Å². The molecule has 2 aromatic rings. The molecular weight excluding hydrogens is 353 g/mol. The molecule has 2 rings (SSSR count).